The Morgan fingerprint density at radius 2 is 1.84 bits per heavy atom. The van der Waals surface area contributed by atoms with E-state index >= 15 is 0 Å². The lowest BCUT2D eigenvalue weighted by atomic mass is 9.98. The molecule has 1 aliphatic rings. The van der Waals surface area contributed by atoms with Gasteiger partial charge in [-0.3, -0.25) is 4.79 Å². The van der Waals surface area contributed by atoms with Crippen LogP contribution in [0.15, 0.2) is 66.7 Å². The van der Waals surface area contributed by atoms with Gasteiger partial charge in [-0.05, 0) is 34.9 Å². The number of hydrogen-bond donors (Lipinski definition) is 2. The van der Waals surface area contributed by atoms with Crippen LogP contribution in [0.25, 0.3) is 11.1 Å². The quantitative estimate of drug-likeness (QED) is 0.586. The SMILES string of the molecule is O=C(NCCO)c1cccc(-c2cccc3c2OC(Cc2cccc(C(F)(F)F)c2)C3)c1. The van der Waals surface area contributed by atoms with Gasteiger partial charge in [0.15, 0.2) is 0 Å². The number of nitrogens with one attached hydrogen (secondary N) is 1. The first-order chi connectivity index (χ1) is 15.3. The molecule has 0 bridgehead atoms. The number of benzene rings is 3. The average molecular weight is 441 g/mol. The molecule has 7 heteroatoms. The summed E-state index contributed by atoms with van der Waals surface area (Å²) in [4.78, 5) is 12.2. The number of hydrogen-bond acceptors (Lipinski definition) is 3. The summed E-state index contributed by atoms with van der Waals surface area (Å²) in [5.74, 6) is 0.411. The minimum atomic E-state index is -4.38. The number of amides is 1. The topological polar surface area (TPSA) is 58.6 Å². The number of halogens is 3. The van der Waals surface area contributed by atoms with E-state index in [1.165, 1.54) is 12.1 Å². The van der Waals surface area contributed by atoms with Crippen LogP contribution in [0.4, 0.5) is 13.2 Å². The Hall–Kier alpha value is -3.32. The molecule has 1 heterocycles. The minimum absolute atomic E-state index is 0.140. The first-order valence-electron chi connectivity index (χ1n) is 10.3. The van der Waals surface area contributed by atoms with Crippen molar-refractivity contribution in [2.45, 2.75) is 25.1 Å². The molecule has 4 rings (SSSR count). The lowest BCUT2D eigenvalue weighted by Gasteiger charge is -2.14. The van der Waals surface area contributed by atoms with Crippen LogP contribution in [-0.2, 0) is 19.0 Å². The molecule has 1 atom stereocenters. The molecule has 1 amide bonds. The number of aliphatic hydroxyl groups excluding tert-OH is 1. The lowest BCUT2D eigenvalue weighted by Crippen LogP contribution is -2.26. The number of fused-ring (bicyclic) bond motifs is 1. The molecule has 0 saturated carbocycles. The van der Waals surface area contributed by atoms with Crippen LogP contribution in [0.1, 0.15) is 27.0 Å². The summed E-state index contributed by atoms with van der Waals surface area (Å²) in [7, 11) is 0. The number of rotatable bonds is 6. The summed E-state index contributed by atoms with van der Waals surface area (Å²) in [6, 6.07) is 18.2. The van der Waals surface area contributed by atoms with Gasteiger partial charge in [0, 0.05) is 30.5 Å². The third-order valence-corrected chi connectivity index (χ3v) is 5.38. The van der Waals surface area contributed by atoms with Gasteiger partial charge in [-0.25, -0.2) is 0 Å². The molecule has 1 unspecified atom stereocenters. The highest BCUT2D eigenvalue weighted by Crippen LogP contribution is 2.40. The molecular weight excluding hydrogens is 419 g/mol. The van der Waals surface area contributed by atoms with E-state index in [-0.39, 0.29) is 25.2 Å². The van der Waals surface area contributed by atoms with Crippen LogP contribution >= 0.6 is 0 Å². The van der Waals surface area contributed by atoms with Crippen molar-refractivity contribution in [3.8, 4) is 16.9 Å². The maximum atomic E-state index is 13.0. The van der Waals surface area contributed by atoms with Gasteiger partial charge in [0.1, 0.15) is 11.9 Å². The van der Waals surface area contributed by atoms with Gasteiger partial charge in [-0.2, -0.15) is 13.2 Å². The number of para-hydroxylation sites is 1. The fraction of sp³-hybridized carbons (Fsp3) is 0.240. The van der Waals surface area contributed by atoms with Gasteiger partial charge in [-0.1, -0.05) is 48.5 Å². The highest BCUT2D eigenvalue weighted by molar-refractivity contribution is 5.95. The molecule has 166 valence electrons. The summed E-state index contributed by atoms with van der Waals surface area (Å²) >= 11 is 0. The molecule has 0 aliphatic carbocycles. The summed E-state index contributed by atoms with van der Waals surface area (Å²) < 4.78 is 45.2. The molecule has 0 fully saturated rings. The van der Waals surface area contributed by atoms with Crippen molar-refractivity contribution in [3.63, 3.8) is 0 Å². The average Bonchev–Trinajstić information content (AvgIpc) is 3.19. The zero-order valence-electron chi connectivity index (χ0n) is 17.2. The van der Waals surface area contributed by atoms with Crippen LogP contribution in [0.2, 0.25) is 0 Å². The van der Waals surface area contributed by atoms with Crippen molar-refractivity contribution in [1.29, 1.82) is 0 Å². The molecular formula is C25H22F3NO3. The summed E-state index contributed by atoms with van der Waals surface area (Å²) in [6.07, 6.45) is -3.69. The Bertz CT molecular complexity index is 1130. The molecule has 4 nitrogen and oxygen atoms in total. The molecule has 0 radical (unpaired) electrons. The third-order valence-electron chi connectivity index (χ3n) is 5.38. The monoisotopic (exact) mass is 441 g/mol. The Labute approximate surface area is 183 Å². The van der Waals surface area contributed by atoms with Crippen molar-refractivity contribution in [3.05, 3.63) is 89.0 Å². The minimum Gasteiger partial charge on any atom is -0.489 e. The Morgan fingerprint density at radius 1 is 1.06 bits per heavy atom. The van der Waals surface area contributed by atoms with Crippen molar-refractivity contribution >= 4 is 5.91 Å². The second kappa shape index (κ2) is 9.04. The van der Waals surface area contributed by atoms with Crippen LogP contribution in [0, 0.1) is 0 Å². The van der Waals surface area contributed by atoms with Crippen LogP contribution in [0.3, 0.4) is 0 Å². The highest BCUT2D eigenvalue weighted by atomic mass is 19.4. The number of ether oxygens (including phenoxy) is 1. The largest absolute Gasteiger partial charge is 0.489 e. The third kappa shape index (κ3) is 4.78. The molecule has 3 aromatic carbocycles. The number of carbonyl (C=O) groups excluding carboxylic acids is 1. The molecule has 0 saturated heterocycles. The Balaban J connectivity index is 1.55. The Kier molecular flexibility index (Phi) is 6.19. The standard InChI is InChI=1S/C25H22F3NO3/c26-25(27,28)20-8-1-4-16(12-20)13-21-15-18-6-3-9-22(23(18)32-21)17-5-2-7-19(14-17)24(31)29-10-11-30/h1-9,12,14,21,30H,10-11,13,15H2,(H,29,31). The van der Waals surface area contributed by atoms with E-state index in [0.29, 0.717) is 29.7 Å². The van der Waals surface area contributed by atoms with Crippen molar-refractivity contribution in [2.75, 3.05) is 13.2 Å². The van der Waals surface area contributed by atoms with Crippen molar-refractivity contribution < 1.29 is 27.8 Å². The first kappa shape index (κ1) is 21.9. The van der Waals surface area contributed by atoms with Crippen LogP contribution in [-0.4, -0.2) is 30.3 Å². The highest BCUT2D eigenvalue weighted by Gasteiger charge is 2.31. The fourth-order valence-corrected chi connectivity index (χ4v) is 3.92. The maximum absolute atomic E-state index is 13.0. The van der Waals surface area contributed by atoms with Gasteiger partial charge >= 0.3 is 6.18 Å². The molecule has 3 aromatic rings. The number of carbonyl (C=O) groups is 1. The smallest absolute Gasteiger partial charge is 0.416 e. The number of alkyl halides is 3. The zero-order valence-corrected chi connectivity index (χ0v) is 17.2. The van der Waals surface area contributed by atoms with E-state index in [0.717, 1.165) is 22.8 Å². The van der Waals surface area contributed by atoms with Gasteiger partial charge in [0.25, 0.3) is 5.91 Å². The van der Waals surface area contributed by atoms with Gasteiger partial charge in [0.05, 0.1) is 12.2 Å². The van der Waals surface area contributed by atoms with Crippen LogP contribution < -0.4 is 10.1 Å². The second-order valence-electron chi connectivity index (χ2n) is 7.70. The van der Waals surface area contributed by atoms with E-state index in [9.17, 15) is 18.0 Å². The maximum Gasteiger partial charge on any atom is 0.416 e. The van der Waals surface area contributed by atoms with Gasteiger partial charge < -0.3 is 15.2 Å². The van der Waals surface area contributed by atoms with Crippen molar-refractivity contribution in [2.24, 2.45) is 0 Å². The second-order valence-corrected chi connectivity index (χ2v) is 7.70. The van der Waals surface area contributed by atoms with E-state index < -0.39 is 11.7 Å². The molecule has 1 aliphatic heterocycles. The zero-order chi connectivity index (χ0) is 22.7. The molecule has 2 N–H and O–H groups in total. The summed E-state index contributed by atoms with van der Waals surface area (Å²) in [6.45, 7) is 0.0306. The predicted octanol–water partition coefficient (Wildman–Crippen LogP) is 4.64. The van der Waals surface area contributed by atoms with Gasteiger partial charge in [0.2, 0.25) is 0 Å². The summed E-state index contributed by atoms with van der Waals surface area (Å²) in [5, 5.41) is 11.5. The fourth-order valence-electron chi connectivity index (χ4n) is 3.92. The Morgan fingerprint density at radius 3 is 2.62 bits per heavy atom. The van der Waals surface area contributed by atoms with E-state index in [1.807, 2.05) is 24.3 Å². The molecule has 0 aromatic heterocycles. The first-order valence-corrected chi connectivity index (χ1v) is 10.3. The molecule has 0 spiro atoms. The number of aliphatic hydroxyl groups is 1. The van der Waals surface area contributed by atoms with Gasteiger partial charge in [-0.15, -0.1) is 0 Å². The lowest BCUT2D eigenvalue weighted by molar-refractivity contribution is -0.137. The predicted molar refractivity (Wildman–Crippen MR) is 115 cm³/mol. The van der Waals surface area contributed by atoms with E-state index in [1.54, 1.807) is 24.3 Å². The normalized spacial score (nSPS) is 15.2. The van der Waals surface area contributed by atoms with E-state index in [2.05, 4.69) is 5.32 Å². The summed E-state index contributed by atoms with van der Waals surface area (Å²) in [5.41, 5.74) is 2.98. The van der Waals surface area contributed by atoms with E-state index in [4.69, 9.17) is 9.84 Å². The molecule has 32 heavy (non-hydrogen) atoms. The van der Waals surface area contributed by atoms with Crippen LogP contribution in [0.5, 0.6) is 5.75 Å². The van der Waals surface area contributed by atoms with Crippen molar-refractivity contribution in [1.82, 2.24) is 5.32 Å².